The number of hydrogen-bond donors (Lipinski definition) is 0. The van der Waals surface area contributed by atoms with Crippen LogP contribution >= 0.6 is 11.6 Å². The second-order valence-corrected chi connectivity index (χ2v) is 6.78. The molecule has 6 heteroatoms. The first-order valence-electron chi connectivity index (χ1n) is 8.33. The van der Waals surface area contributed by atoms with Gasteiger partial charge in [-0.25, -0.2) is 4.90 Å². The molecule has 2 amide bonds. The predicted molar refractivity (Wildman–Crippen MR) is 101 cm³/mol. The van der Waals surface area contributed by atoms with Gasteiger partial charge in [0.15, 0.2) is 0 Å². The number of anilines is 1. The highest BCUT2D eigenvalue weighted by atomic mass is 35.5. The molecule has 0 atom stereocenters. The average molecular weight is 366 g/mol. The normalized spacial score (nSPS) is 17.3. The molecular formula is C20H16ClN3O2. The molecule has 26 heavy (non-hydrogen) atoms. The summed E-state index contributed by atoms with van der Waals surface area (Å²) in [6.45, 7) is 3.45. The number of rotatable bonds is 2. The Bertz CT molecular complexity index is 1000. The van der Waals surface area contributed by atoms with E-state index in [0.717, 1.165) is 23.3 Å². The van der Waals surface area contributed by atoms with Crippen molar-refractivity contribution in [1.29, 1.82) is 0 Å². The molecule has 0 radical (unpaired) electrons. The number of nitrogens with zero attached hydrogens (tertiary/aromatic N) is 3. The van der Waals surface area contributed by atoms with Crippen LogP contribution in [0.1, 0.15) is 43.5 Å². The van der Waals surface area contributed by atoms with Gasteiger partial charge in [0.1, 0.15) is 5.69 Å². The molecule has 1 aromatic heterocycles. The minimum absolute atomic E-state index is 0.196. The van der Waals surface area contributed by atoms with Gasteiger partial charge in [-0.15, -0.1) is 0 Å². The average Bonchev–Trinajstić information content (AvgIpc) is 3.44. The number of aromatic nitrogens is 2. The molecule has 1 aliphatic heterocycles. The maximum absolute atomic E-state index is 12.9. The summed E-state index contributed by atoms with van der Waals surface area (Å²) in [5.41, 5.74) is 5.57. The summed E-state index contributed by atoms with van der Waals surface area (Å²) in [7, 11) is 0. The van der Waals surface area contributed by atoms with E-state index >= 15 is 0 Å². The molecular weight excluding hydrogens is 350 g/mol. The summed E-state index contributed by atoms with van der Waals surface area (Å²) < 4.78 is 0. The zero-order chi connectivity index (χ0) is 18.4. The first-order valence-corrected chi connectivity index (χ1v) is 8.71. The number of allylic oxidation sites excluding steroid dienone is 2. The lowest BCUT2D eigenvalue weighted by Crippen LogP contribution is -2.31. The number of carbonyl (C=O) groups is 2. The molecule has 4 rings (SSSR count). The predicted octanol–water partition coefficient (Wildman–Crippen LogP) is 4.04. The fourth-order valence-corrected chi connectivity index (χ4v) is 3.49. The summed E-state index contributed by atoms with van der Waals surface area (Å²) in [5, 5.41) is 0.196. The van der Waals surface area contributed by atoms with E-state index in [2.05, 4.69) is 16.9 Å². The zero-order valence-electron chi connectivity index (χ0n) is 14.4. The number of fused-ring (bicyclic) bond motifs is 1. The number of amides is 2. The lowest BCUT2D eigenvalue weighted by molar-refractivity contribution is -0.122. The Labute approximate surface area is 156 Å². The van der Waals surface area contributed by atoms with Crippen molar-refractivity contribution in [2.75, 3.05) is 4.90 Å². The van der Waals surface area contributed by atoms with Gasteiger partial charge in [-0.1, -0.05) is 23.2 Å². The second kappa shape index (κ2) is 6.18. The van der Waals surface area contributed by atoms with Gasteiger partial charge >= 0.3 is 0 Å². The molecule has 2 aliphatic rings. The van der Waals surface area contributed by atoms with E-state index in [0.29, 0.717) is 16.9 Å². The SMILES string of the molecule is CC(=O)N1C(=O)/C(=C(\Cl)c2cnccn2)c2cc(C(C)=C3CC3)ccc21. The Kier molecular flexibility index (Phi) is 3.96. The smallest absolute Gasteiger partial charge is 0.267 e. The van der Waals surface area contributed by atoms with Crippen molar-refractivity contribution < 1.29 is 9.59 Å². The largest absolute Gasteiger partial charge is 0.274 e. The lowest BCUT2D eigenvalue weighted by Gasteiger charge is -2.12. The van der Waals surface area contributed by atoms with E-state index in [4.69, 9.17) is 11.6 Å². The number of imide groups is 1. The van der Waals surface area contributed by atoms with Crippen molar-refractivity contribution in [2.45, 2.75) is 26.7 Å². The summed E-state index contributed by atoms with van der Waals surface area (Å²) in [4.78, 5) is 34.4. The van der Waals surface area contributed by atoms with E-state index in [9.17, 15) is 9.59 Å². The van der Waals surface area contributed by atoms with Crippen LogP contribution in [0, 0.1) is 0 Å². The van der Waals surface area contributed by atoms with Crippen LogP contribution in [0.4, 0.5) is 5.69 Å². The molecule has 1 aliphatic carbocycles. The minimum atomic E-state index is -0.433. The Morgan fingerprint density at radius 3 is 2.58 bits per heavy atom. The van der Waals surface area contributed by atoms with Crippen molar-refractivity contribution in [3.05, 3.63) is 59.2 Å². The van der Waals surface area contributed by atoms with Crippen molar-refractivity contribution in [2.24, 2.45) is 0 Å². The van der Waals surface area contributed by atoms with Crippen LogP contribution in [-0.4, -0.2) is 21.8 Å². The highest BCUT2D eigenvalue weighted by Crippen LogP contribution is 2.44. The van der Waals surface area contributed by atoms with Crippen LogP contribution in [0.25, 0.3) is 16.2 Å². The third-order valence-electron chi connectivity index (χ3n) is 4.71. The van der Waals surface area contributed by atoms with Crippen molar-refractivity contribution in [1.82, 2.24) is 9.97 Å². The number of benzene rings is 1. The highest BCUT2D eigenvalue weighted by Gasteiger charge is 2.37. The van der Waals surface area contributed by atoms with Gasteiger partial charge in [-0.3, -0.25) is 19.6 Å². The van der Waals surface area contributed by atoms with Gasteiger partial charge in [0.2, 0.25) is 5.91 Å². The summed E-state index contributed by atoms with van der Waals surface area (Å²) >= 11 is 6.52. The number of carbonyl (C=O) groups excluding carboxylic acids is 2. The summed E-state index contributed by atoms with van der Waals surface area (Å²) in [5.74, 6) is -0.781. The van der Waals surface area contributed by atoms with Crippen LogP contribution in [0.15, 0.2) is 42.4 Å². The topological polar surface area (TPSA) is 63.2 Å². The Hall–Kier alpha value is -2.79. The van der Waals surface area contributed by atoms with Crippen LogP contribution in [0.3, 0.4) is 0 Å². The second-order valence-electron chi connectivity index (χ2n) is 6.40. The van der Waals surface area contributed by atoms with E-state index in [1.807, 2.05) is 18.2 Å². The summed E-state index contributed by atoms with van der Waals surface area (Å²) in [6, 6.07) is 5.69. The van der Waals surface area contributed by atoms with Gasteiger partial charge in [0.05, 0.1) is 22.5 Å². The van der Waals surface area contributed by atoms with Gasteiger partial charge in [-0.05, 0) is 43.0 Å². The molecule has 1 fully saturated rings. The first kappa shape index (κ1) is 16.7. The number of halogens is 1. The molecule has 0 N–H and O–H groups in total. The lowest BCUT2D eigenvalue weighted by atomic mass is 9.99. The van der Waals surface area contributed by atoms with Crippen molar-refractivity contribution in [3.8, 4) is 0 Å². The van der Waals surface area contributed by atoms with E-state index in [-0.39, 0.29) is 16.5 Å². The standard InChI is InChI=1S/C20H16ClN3O2/c1-11(13-3-4-13)14-5-6-17-15(9-14)18(20(26)24(17)12(2)25)19(21)16-10-22-7-8-23-16/h5-10H,3-4H2,1-2H3/b19-18-. The zero-order valence-corrected chi connectivity index (χ0v) is 15.2. The number of hydrogen-bond acceptors (Lipinski definition) is 4. The van der Waals surface area contributed by atoms with Gasteiger partial charge in [-0.2, -0.15) is 0 Å². The molecule has 1 aromatic carbocycles. The molecule has 2 aromatic rings. The Balaban J connectivity index is 1.94. The third kappa shape index (κ3) is 2.65. The van der Waals surface area contributed by atoms with Crippen LogP contribution in [-0.2, 0) is 9.59 Å². The van der Waals surface area contributed by atoms with Crippen LogP contribution < -0.4 is 4.90 Å². The molecule has 2 heterocycles. The van der Waals surface area contributed by atoms with Crippen LogP contribution in [0.5, 0.6) is 0 Å². The van der Waals surface area contributed by atoms with E-state index in [1.54, 1.807) is 0 Å². The molecule has 0 spiro atoms. The monoisotopic (exact) mass is 365 g/mol. The van der Waals surface area contributed by atoms with E-state index < -0.39 is 5.91 Å². The van der Waals surface area contributed by atoms with Crippen molar-refractivity contribution in [3.63, 3.8) is 0 Å². The van der Waals surface area contributed by atoms with Crippen LogP contribution in [0.2, 0.25) is 0 Å². The molecule has 1 saturated carbocycles. The fourth-order valence-electron chi connectivity index (χ4n) is 3.21. The Morgan fingerprint density at radius 1 is 1.19 bits per heavy atom. The molecule has 130 valence electrons. The maximum Gasteiger partial charge on any atom is 0.267 e. The maximum atomic E-state index is 12.9. The molecule has 0 bridgehead atoms. The molecule has 0 saturated heterocycles. The van der Waals surface area contributed by atoms with Crippen molar-refractivity contribution >= 4 is 45.3 Å². The fraction of sp³-hybridized carbons (Fsp3) is 0.200. The van der Waals surface area contributed by atoms with E-state index in [1.165, 1.54) is 36.7 Å². The quantitative estimate of drug-likeness (QED) is 0.753. The highest BCUT2D eigenvalue weighted by molar-refractivity contribution is 6.60. The molecule has 0 unspecified atom stereocenters. The summed E-state index contributed by atoms with van der Waals surface area (Å²) in [6.07, 6.45) is 6.78. The molecule has 5 nitrogen and oxygen atoms in total. The third-order valence-corrected chi connectivity index (χ3v) is 5.09. The Morgan fingerprint density at radius 2 is 1.96 bits per heavy atom. The first-order chi connectivity index (χ1) is 12.5. The minimum Gasteiger partial charge on any atom is -0.274 e. The van der Waals surface area contributed by atoms with Gasteiger partial charge < -0.3 is 0 Å². The van der Waals surface area contributed by atoms with Gasteiger partial charge in [0.25, 0.3) is 5.91 Å². The van der Waals surface area contributed by atoms with Gasteiger partial charge in [0, 0.05) is 24.9 Å².